The van der Waals surface area contributed by atoms with Crippen LogP contribution >= 0.6 is 23.6 Å². The van der Waals surface area contributed by atoms with E-state index in [4.69, 9.17) is 23.6 Å². The van der Waals surface area contributed by atoms with Gasteiger partial charge in [-0.15, -0.1) is 0 Å². The number of nitrogens with one attached hydrogen (secondary N) is 1. The van der Waals surface area contributed by atoms with Crippen LogP contribution in [-0.2, 0) is 0 Å². The van der Waals surface area contributed by atoms with Crippen LogP contribution in [0.5, 0.6) is 0 Å². The molecule has 0 atom stereocenters. The van der Waals surface area contributed by atoms with Gasteiger partial charge >= 0.3 is 0 Å². The fraction of sp³-hybridized carbons (Fsp3) is 0.167. The van der Waals surface area contributed by atoms with E-state index in [0.717, 1.165) is 11.1 Å². The molecule has 2 rings (SSSR count). The minimum absolute atomic E-state index is 0.633. The molecule has 0 amide bonds. The maximum absolute atomic E-state index is 6.20. The molecule has 0 fully saturated rings. The second kappa shape index (κ2) is 5.39. The maximum Gasteiger partial charge on any atom is 0.0602 e. The monoisotopic (exact) mass is 254 g/mol. The zero-order valence-electron chi connectivity index (χ0n) is 8.66. The smallest absolute Gasteiger partial charge is 0.0602 e. The first-order chi connectivity index (χ1) is 7.83. The highest BCUT2D eigenvalue weighted by molar-refractivity contribution is 6.27. The number of anilines is 1. The molecular formula is C12H12Cl2N2. The maximum atomic E-state index is 6.20. The quantitative estimate of drug-likeness (QED) is 0.840. The number of rotatable bonds is 4. The third kappa shape index (κ3) is 2.40. The topological polar surface area (TPSA) is 15.3 Å². The summed E-state index contributed by atoms with van der Waals surface area (Å²) in [5.74, 6) is 0. The van der Waals surface area contributed by atoms with E-state index in [1.54, 1.807) is 4.42 Å². The fourth-order valence-corrected chi connectivity index (χ4v) is 2.00. The number of benzene rings is 2. The molecule has 2 aromatic rings. The van der Waals surface area contributed by atoms with Gasteiger partial charge in [-0.3, -0.25) is 4.42 Å². The van der Waals surface area contributed by atoms with Gasteiger partial charge in [0.05, 0.1) is 5.69 Å². The van der Waals surface area contributed by atoms with Gasteiger partial charge in [0, 0.05) is 30.3 Å². The molecule has 0 radical (unpaired) electrons. The van der Waals surface area contributed by atoms with Crippen molar-refractivity contribution in [3.8, 4) is 0 Å². The summed E-state index contributed by atoms with van der Waals surface area (Å²) in [6.07, 6.45) is 0. The van der Waals surface area contributed by atoms with Crippen molar-refractivity contribution < 1.29 is 0 Å². The average molecular weight is 255 g/mol. The molecule has 0 saturated carbocycles. The Bertz CT molecular complexity index is 468. The molecular weight excluding hydrogens is 243 g/mol. The summed E-state index contributed by atoms with van der Waals surface area (Å²) in [4.78, 5) is 2.56. The summed E-state index contributed by atoms with van der Waals surface area (Å²) in [6, 6.07) is 14.2. The number of fused-ring (bicyclic) bond motifs is 1. The molecule has 16 heavy (non-hydrogen) atoms. The molecule has 0 bridgehead atoms. The van der Waals surface area contributed by atoms with Crippen molar-refractivity contribution in [2.75, 3.05) is 17.5 Å². The molecule has 84 valence electrons. The van der Waals surface area contributed by atoms with E-state index < -0.39 is 0 Å². The first kappa shape index (κ1) is 11.5. The van der Waals surface area contributed by atoms with Crippen LogP contribution in [0, 0.1) is 0 Å². The SMILES string of the molecule is ClNCCN(Cl)c1cccc2ccccc12. The summed E-state index contributed by atoms with van der Waals surface area (Å²) in [6.45, 7) is 1.29. The first-order valence-corrected chi connectivity index (χ1v) is 5.79. The first-order valence-electron chi connectivity index (χ1n) is 5.07. The molecule has 4 heteroatoms. The summed E-state index contributed by atoms with van der Waals surface area (Å²) in [5, 5.41) is 2.33. The van der Waals surface area contributed by atoms with Crippen LogP contribution in [0.15, 0.2) is 42.5 Å². The zero-order valence-corrected chi connectivity index (χ0v) is 10.2. The van der Waals surface area contributed by atoms with Gasteiger partial charge in [-0.2, -0.15) is 0 Å². The van der Waals surface area contributed by atoms with Gasteiger partial charge in [-0.05, 0) is 23.2 Å². The lowest BCUT2D eigenvalue weighted by Crippen LogP contribution is -2.20. The summed E-state index contributed by atoms with van der Waals surface area (Å²) in [7, 11) is 0. The Hall–Kier alpha value is -0.960. The van der Waals surface area contributed by atoms with Gasteiger partial charge < -0.3 is 0 Å². The average Bonchev–Trinajstić information content (AvgIpc) is 2.35. The zero-order chi connectivity index (χ0) is 11.4. The van der Waals surface area contributed by atoms with Crippen molar-refractivity contribution in [1.29, 1.82) is 0 Å². The Labute approximate surface area is 105 Å². The Morgan fingerprint density at radius 3 is 2.62 bits per heavy atom. The van der Waals surface area contributed by atoms with E-state index in [-0.39, 0.29) is 0 Å². The summed E-state index contributed by atoms with van der Waals surface area (Å²) >= 11 is 11.6. The van der Waals surface area contributed by atoms with Crippen LogP contribution in [-0.4, -0.2) is 13.1 Å². The number of hydrogen-bond acceptors (Lipinski definition) is 2. The lowest BCUT2D eigenvalue weighted by molar-refractivity contribution is 0.905. The lowest BCUT2D eigenvalue weighted by Gasteiger charge is -2.17. The van der Waals surface area contributed by atoms with Crippen LogP contribution in [0.2, 0.25) is 0 Å². The number of nitrogens with zero attached hydrogens (tertiary/aromatic N) is 1. The van der Waals surface area contributed by atoms with E-state index in [2.05, 4.69) is 23.0 Å². The summed E-state index contributed by atoms with van der Waals surface area (Å²) < 4.78 is 1.68. The highest BCUT2D eigenvalue weighted by Crippen LogP contribution is 2.27. The van der Waals surface area contributed by atoms with Crippen LogP contribution in [0.1, 0.15) is 0 Å². The highest BCUT2D eigenvalue weighted by Gasteiger charge is 2.06. The molecule has 0 aliphatic carbocycles. The second-order valence-corrected chi connectivity index (χ2v) is 4.14. The third-order valence-corrected chi connectivity index (χ3v) is 2.97. The molecule has 2 nitrogen and oxygen atoms in total. The van der Waals surface area contributed by atoms with Gasteiger partial charge in [-0.25, -0.2) is 4.84 Å². The van der Waals surface area contributed by atoms with E-state index in [0.29, 0.717) is 13.1 Å². The highest BCUT2D eigenvalue weighted by atomic mass is 35.5. The molecule has 2 aromatic carbocycles. The van der Waals surface area contributed by atoms with Gasteiger partial charge in [0.15, 0.2) is 0 Å². The minimum Gasteiger partial charge on any atom is -0.283 e. The van der Waals surface area contributed by atoms with Crippen LogP contribution in [0.3, 0.4) is 0 Å². The van der Waals surface area contributed by atoms with Gasteiger partial charge in [0.1, 0.15) is 0 Å². The van der Waals surface area contributed by atoms with Crippen molar-refractivity contribution in [2.24, 2.45) is 0 Å². The van der Waals surface area contributed by atoms with E-state index in [1.165, 1.54) is 5.39 Å². The Morgan fingerprint density at radius 2 is 1.81 bits per heavy atom. The van der Waals surface area contributed by atoms with Crippen molar-refractivity contribution in [2.45, 2.75) is 0 Å². The lowest BCUT2D eigenvalue weighted by atomic mass is 10.1. The van der Waals surface area contributed by atoms with Crippen molar-refractivity contribution in [3.63, 3.8) is 0 Å². The molecule has 0 heterocycles. The third-order valence-electron chi connectivity index (χ3n) is 2.43. The largest absolute Gasteiger partial charge is 0.283 e. The predicted octanol–water partition coefficient (Wildman–Crippen LogP) is 3.54. The van der Waals surface area contributed by atoms with Crippen LogP contribution in [0.25, 0.3) is 10.8 Å². The molecule has 0 unspecified atom stereocenters. The standard InChI is InChI=1S/C12H12Cl2N2/c13-15-8-9-16(14)12-7-3-5-10-4-1-2-6-11(10)12/h1-7,15H,8-9H2. The molecule has 1 N–H and O–H groups in total. The van der Waals surface area contributed by atoms with Gasteiger partial charge in [0.2, 0.25) is 0 Å². The minimum atomic E-state index is 0.633. The van der Waals surface area contributed by atoms with E-state index >= 15 is 0 Å². The fourth-order valence-electron chi connectivity index (χ4n) is 1.68. The summed E-state index contributed by atoms with van der Waals surface area (Å²) in [5.41, 5.74) is 1.01. The molecule has 0 spiro atoms. The second-order valence-electron chi connectivity index (χ2n) is 3.47. The predicted molar refractivity (Wildman–Crippen MR) is 71.0 cm³/mol. The molecule has 0 aliphatic heterocycles. The molecule has 0 aliphatic rings. The van der Waals surface area contributed by atoms with Crippen LogP contribution < -0.4 is 9.25 Å². The molecule has 0 aromatic heterocycles. The van der Waals surface area contributed by atoms with E-state index in [1.807, 2.05) is 24.3 Å². The number of hydrogen-bond donors (Lipinski definition) is 1. The van der Waals surface area contributed by atoms with Crippen molar-refractivity contribution in [1.82, 2.24) is 4.84 Å². The van der Waals surface area contributed by atoms with Crippen molar-refractivity contribution in [3.05, 3.63) is 42.5 Å². The van der Waals surface area contributed by atoms with Gasteiger partial charge in [0.25, 0.3) is 0 Å². The van der Waals surface area contributed by atoms with Crippen LogP contribution in [0.4, 0.5) is 5.69 Å². The Morgan fingerprint density at radius 1 is 1.06 bits per heavy atom. The van der Waals surface area contributed by atoms with E-state index in [9.17, 15) is 0 Å². The Balaban J connectivity index is 2.36. The Kier molecular flexibility index (Phi) is 3.88. The normalized spacial score (nSPS) is 10.6. The van der Waals surface area contributed by atoms with Gasteiger partial charge in [-0.1, -0.05) is 36.4 Å². The number of halogens is 2. The van der Waals surface area contributed by atoms with Crippen molar-refractivity contribution >= 4 is 40.0 Å². The molecule has 0 saturated heterocycles.